The summed E-state index contributed by atoms with van der Waals surface area (Å²) in [6.45, 7) is 1.54. The monoisotopic (exact) mass is 352 g/mol. The SMILES string of the molecule is CC(NC(=O)C1CCC(C(=O)O)CC1)(C(N)=O)c1cccc(Cl)c1. The fourth-order valence-electron chi connectivity index (χ4n) is 3.03. The molecular formula is C17H21ClN2O4. The fourth-order valence-corrected chi connectivity index (χ4v) is 3.22. The Bertz CT molecular complexity index is 656. The number of rotatable bonds is 5. The number of aliphatic carboxylic acids is 1. The van der Waals surface area contributed by atoms with E-state index in [1.807, 2.05) is 0 Å². The molecule has 0 aliphatic heterocycles. The highest BCUT2D eigenvalue weighted by Gasteiger charge is 2.38. The van der Waals surface area contributed by atoms with Crippen LogP contribution in [-0.4, -0.2) is 22.9 Å². The summed E-state index contributed by atoms with van der Waals surface area (Å²) in [6, 6.07) is 6.62. The molecule has 1 unspecified atom stereocenters. The summed E-state index contributed by atoms with van der Waals surface area (Å²) < 4.78 is 0. The van der Waals surface area contributed by atoms with Crippen LogP contribution in [0.4, 0.5) is 0 Å². The number of primary amides is 1. The van der Waals surface area contributed by atoms with Crippen molar-refractivity contribution < 1.29 is 19.5 Å². The smallest absolute Gasteiger partial charge is 0.306 e. The van der Waals surface area contributed by atoms with Gasteiger partial charge in [0.2, 0.25) is 11.8 Å². The summed E-state index contributed by atoms with van der Waals surface area (Å²) in [7, 11) is 0. The van der Waals surface area contributed by atoms with Crippen LogP contribution < -0.4 is 11.1 Å². The van der Waals surface area contributed by atoms with E-state index in [9.17, 15) is 14.4 Å². The number of hydrogen-bond donors (Lipinski definition) is 3. The molecule has 1 atom stereocenters. The number of carbonyl (C=O) groups is 3. The van der Waals surface area contributed by atoms with Crippen molar-refractivity contribution in [3.05, 3.63) is 34.9 Å². The van der Waals surface area contributed by atoms with E-state index in [0.29, 0.717) is 36.3 Å². The van der Waals surface area contributed by atoms with Crippen LogP contribution in [0.1, 0.15) is 38.2 Å². The first kappa shape index (κ1) is 18.3. The number of nitrogens with two attached hydrogens (primary N) is 1. The van der Waals surface area contributed by atoms with Crippen molar-refractivity contribution in [3.8, 4) is 0 Å². The third kappa shape index (κ3) is 3.87. The lowest BCUT2D eigenvalue weighted by atomic mass is 9.81. The summed E-state index contributed by atoms with van der Waals surface area (Å²) >= 11 is 5.97. The van der Waals surface area contributed by atoms with E-state index in [1.54, 1.807) is 31.2 Å². The Balaban J connectivity index is 2.12. The van der Waals surface area contributed by atoms with Gasteiger partial charge in [-0.15, -0.1) is 0 Å². The average molecular weight is 353 g/mol. The lowest BCUT2D eigenvalue weighted by Crippen LogP contribution is -2.54. The zero-order chi connectivity index (χ0) is 17.9. The van der Waals surface area contributed by atoms with Gasteiger partial charge in [-0.05, 0) is 50.3 Å². The van der Waals surface area contributed by atoms with E-state index in [1.165, 1.54) is 0 Å². The van der Waals surface area contributed by atoms with E-state index < -0.39 is 23.3 Å². The molecule has 2 amide bonds. The predicted octanol–water partition coefficient (Wildman–Crippen LogP) is 2.05. The zero-order valence-electron chi connectivity index (χ0n) is 13.4. The molecule has 1 aliphatic rings. The van der Waals surface area contributed by atoms with Gasteiger partial charge in [-0.2, -0.15) is 0 Å². The van der Waals surface area contributed by atoms with Gasteiger partial charge in [0.05, 0.1) is 5.92 Å². The first-order chi connectivity index (χ1) is 11.2. The summed E-state index contributed by atoms with van der Waals surface area (Å²) in [5.41, 5.74) is 4.66. The fraction of sp³-hybridized carbons (Fsp3) is 0.471. The number of hydrogen-bond acceptors (Lipinski definition) is 3. The van der Waals surface area contributed by atoms with Crippen LogP contribution >= 0.6 is 11.6 Å². The minimum Gasteiger partial charge on any atom is -0.481 e. The van der Waals surface area contributed by atoms with Crippen LogP contribution in [0.2, 0.25) is 5.02 Å². The molecule has 2 rings (SSSR count). The van der Waals surface area contributed by atoms with E-state index in [4.69, 9.17) is 22.4 Å². The highest BCUT2D eigenvalue weighted by molar-refractivity contribution is 6.30. The Hall–Kier alpha value is -2.08. The number of nitrogens with one attached hydrogen (secondary N) is 1. The largest absolute Gasteiger partial charge is 0.481 e. The van der Waals surface area contributed by atoms with Gasteiger partial charge in [0.25, 0.3) is 0 Å². The van der Waals surface area contributed by atoms with Crippen LogP contribution in [-0.2, 0) is 19.9 Å². The molecule has 1 aliphatic carbocycles. The number of carbonyl (C=O) groups excluding carboxylic acids is 2. The Labute approximate surface area is 145 Å². The third-order valence-corrected chi connectivity index (χ3v) is 4.95. The van der Waals surface area contributed by atoms with Crippen LogP contribution in [0.15, 0.2) is 24.3 Å². The number of benzene rings is 1. The number of carboxylic acids is 1. The molecule has 1 saturated carbocycles. The molecule has 0 aromatic heterocycles. The second-order valence-corrected chi connectivity index (χ2v) is 6.81. The predicted molar refractivity (Wildman–Crippen MR) is 89.2 cm³/mol. The van der Waals surface area contributed by atoms with Crippen LogP contribution in [0.3, 0.4) is 0 Å². The first-order valence-electron chi connectivity index (χ1n) is 7.85. The second kappa shape index (κ2) is 7.21. The van der Waals surface area contributed by atoms with Gasteiger partial charge in [0.15, 0.2) is 0 Å². The van der Waals surface area contributed by atoms with E-state index >= 15 is 0 Å². The Morgan fingerprint density at radius 2 is 1.79 bits per heavy atom. The zero-order valence-corrected chi connectivity index (χ0v) is 14.2. The third-order valence-electron chi connectivity index (χ3n) is 4.72. The maximum absolute atomic E-state index is 12.6. The molecule has 24 heavy (non-hydrogen) atoms. The molecule has 1 aromatic rings. The molecule has 0 spiro atoms. The van der Waals surface area contributed by atoms with Crippen molar-refractivity contribution in [3.63, 3.8) is 0 Å². The molecule has 7 heteroatoms. The van der Waals surface area contributed by atoms with Crippen molar-refractivity contribution in [2.75, 3.05) is 0 Å². The Kier molecular flexibility index (Phi) is 5.49. The van der Waals surface area contributed by atoms with Crippen LogP contribution in [0.25, 0.3) is 0 Å². The normalized spacial score (nSPS) is 23.1. The van der Waals surface area contributed by atoms with Crippen molar-refractivity contribution in [1.29, 1.82) is 0 Å². The Morgan fingerprint density at radius 1 is 1.21 bits per heavy atom. The van der Waals surface area contributed by atoms with E-state index in [0.717, 1.165) is 0 Å². The van der Waals surface area contributed by atoms with Crippen molar-refractivity contribution in [2.45, 2.75) is 38.1 Å². The lowest BCUT2D eigenvalue weighted by molar-refractivity contribution is -0.144. The summed E-state index contributed by atoms with van der Waals surface area (Å²) in [4.78, 5) is 35.5. The van der Waals surface area contributed by atoms with Gasteiger partial charge < -0.3 is 16.2 Å². The molecule has 1 fully saturated rings. The van der Waals surface area contributed by atoms with E-state index in [2.05, 4.69) is 5.32 Å². The molecule has 6 nitrogen and oxygen atoms in total. The van der Waals surface area contributed by atoms with Gasteiger partial charge in [0.1, 0.15) is 5.54 Å². The average Bonchev–Trinajstić information content (AvgIpc) is 2.54. The molecule has 130 valence electrons. The number of halogens is 1. The summed E-state index contributed by atoms with van der Waals surface area (Å²) in [6.07, 6.45) is 1.87. The van der Waals surface area contributed by atoms with Crippen LogP contribution in [0, 0.1) is 11.8 Å². The van der Waals surface area contributed by atoms with Crippen molar-refractivity contribution in [1.82, 2.24) is 5.32 Å². The minimum atomic E-state index is -1.37. The van der Waals surface area contributed by atoms with E-state index in [-0.39, 0.29) is 11.8 Å². The minimum absolute atomic E-state index is 0.292. The topological polar surface area (TPSA) is 109 Å². The van der Waals surface area contributed by atoms with Crippen LogP contribution in [0.5, 0.6) is 0 Å². The van der Waals surface area contributed by atoms with Gasteiger partial charge in [-0.25, -0.2) is 0 Å². The molecule has 0 heterocycles. The molecule has 0 bridgehead atoms. The van der Waals surface area contributed by atoms with Crippen molar-refractivity contribution >= 4 is 29.4 Å². The van der Waals surface area contributed by atoms with Gasteiger partial charge in [-0.1, -0.05) is 23.7 Å². The van der Waals surface area contributed by atoms with Gasteiger partial charge >= 0.3 is 5.97 Å². The number of carboxylic acid groups (broad SMARTS) is 1. The molecule has 0 saturated heterocycles. The summed E-state index contributed by atoms with van der Waals surface area (Å²) in [5.74, 6) is -2.52. The highest BCUT2D eigenvalue weighted by atomic mass is 35.5. The maximum atomic E-state index is 12.6. The molecule has 4 N–H and O–H groups in total. The maximum Gasteiger partial charge on any atom is 0.306 e. The van der Waals surface area contributed by atoms with Gasteiger partial charge in [-0.3, -0.25) is 14.4 Å². The first-order valence-corrected chi connectivity index (χ1v) is 8.22. The van der Waals surface area contributed by atoms with Gasteiger partial charge in [0, 0.05) is 10.9 Å². The summed E-state index contributed by atoms with van der Waals surface area (Å²) in [5, 5.41) is 12.2. The standard InChI is InChI=1S/C17H21ClN2O4/c1-17(16(19)24,12-3-2-4-13(18)9-12)20-14(21)10-5-7-11(8-6-10)15(22)23/h2-4,9-11H,5-8H2,1H3,(H2,19,24)(H,20,21)(H,22,23). The molecule has 0 radical (unpaired) electrons. The highest BCUT2D eigenvalue weighted by Crippen LogP contribution is 2.31. The Morgan fingerprint density at radius 3 is 2.29 bits per heavy atom. The lowest BCUT2D eigenvalue weighted by Gasteiger charge is -2.32. The quantitative estimate of drug-likeness (QED) is 0.753. The second-order valence-electron chi connectivity index (χ2n) is 6.38. The number of amides is 2. The van der Waals surface area contributed by atoms with Crippen molar-refractivity contribution in [2.24, 2.45) is 17.6 Å². The molecular weight excluding hydrogens is 332 g/mol. The molecule has 1 aromatic carbocycles.